The van der Waals surface area contributed by atoms with Gasteiger partial charge in [0, 0.05) is 48.0 Å². The van der Waals surface area contributed by atoms with Crippen molar-refractivity contribution in [3.05, 3.63) is 167 Å². The zero-order valence-corrected chi connectivity index (χ0v) is 33.7. The predicted octanol–water partition coefficient (Wildman–Crippen LogP) is 9.08. The number of carbonyl (C=O) groups excluding carboxylic acids is 4. The molecule has 0 radical (unpaired) electrons. The number of hydrogen-bond donors (Lipinski definition) is 2. The summed E-state index contributed by atoms with van der Waals surface area (Å²) in [6.07, 6.45) is 9.80. The first kappa shape index (κ1) is 39.6. The van der Waals surface area contributed by atoms with Gasteiger partial charge < -0.3 is 20.4 Å². The summed E-state index contributed by atoms with van der Waals surface area (Å²) in [7, 11) is 0. The van der Waals surface area contributed by atoms with E-state index in [0.717, 1.165) is 57.3 Å². The highest BCUT2D eigenvalue weighted by Crippen LogP contribution is 2.30. The Labute approximate surface area is 350 Å². The summed E-state index contributed by atoms with van der Waals surface area (Å²) in [5.74, 6) is -0.946. The number of likely N-dealkylation sites (tertiary alicyclic amines) is 2. The molecule has 2 saturated heterocycles. The molecule has 0 aliphatic carbocycles. The molecule has 0 spiro atoms. The average Bonchev–Trinajstić information content (AvgIpc) is 3.98. The van der Waals surface area contributed by atoms with Gasteiger partial charge in [-0.1, -0.05) is 108 Å². The topological polar surface area (TPSA) is 125 Å². The lowest BCUT2D eigenvalue weighted by molar-refractivity contribution is -0.120. The van der Waals surface area contributed by atoms with Crippen LogP contribution >= 0.6 is 0 Å². The highest BCUT2D eigenvalue weighted by atomic mass is 16.2. The van der Waals surface area contributed by atoms with E-state index in [1.165, 1.54) is 0 Å². The molecule has 10 heteroatoms. The molecule has 6 aromatic rings. The second kappa shape index (κ2) is 17.7. The van der Waals surface area contributed by atoms with Crippen LogP contribution in [0.25, 0.3) is 34.4 Å². The summed E-state index contributed by atoms with van der Waals surface area (Å²) in [5, 5.41) is 6.02. The third-order valence-electron chi connectivity index (χ3n) is 11.1. The molecule has 2 aliphatic rings. The predicted molar refractivity (Wildman–Crippen MR) is 236 cm³/mol. The smallest absolute Gasteiger partial charge is 0.273 e. The van der Waals surface area contributed by atoms with E-state index in [1.54, 1.807) is 22.2 Å². The van der Waals surface area contributed by atoms with E-state index in [4.69, 9.17) is 0 Å². The van der Waals surface area contributed by atoms with E-state index >= 15 is 0 Å². The van der Waals surface area contributed by atoms with Crippen molar-refractivity contribution < 1.29 is 19.2 Å². The molecule has 2 N–H and O–H groups in total. The van der Waals surface area contributed by atoms with Crippen molar-refractivity contribution in [2.75, 3.05) is 23.7 Å². The third kappa shape index (κ3) is 8.78. The Morgan fingerprint density at radius 2 is 0.967 bits per heavy atom. The Bertz CT molecular complexity index is 2410. The molecule has 0 saturated carbocycles. The highest BCUT2D eigenvalue weighted by Gasteiger charge is 2.37. The van der Waals surface area contributed by atoms with Gasteiger partial charge in [0.15, 0.2) is 0 Å². The Balaban J connectivity index is 0.859. The van der Waals surface area contributed by atoms with Gasteiger partial charge in [0.05, 0.1) is 0 Å². The van der Waals surface area contributed by atoms with E-state index in [-0.39, 0.29) is 23.6 Å². The second-order valence-corrected chi connectivity index (χ2v) is 15.4. The van der Waals surface area contributed by atoms with Crippen LogP contribution in [0.4, 0.5) is 11.4 Å². The summed E-state index contributed by atoms with van der Waals surface area (Å²) in [6.45, 7) is 5.00. The molecule has 60 heavy (non-hydrogen) atoms. The Hall–Kier alpha value is -7.20. The zero-order chi connectivity index (χ0) is 41.6. The highest BCUT2D eigenvalue weighted by molar-refractivity contribution is 6.05. The average molecular weight is 795 g/mol. The maximum absolute atomic E-state index is 13.8. The molecule has 2 aliphatic heterocycles. The fourth-order valence-electron chi connectivity index (χ4n) is 8.08. The van der Waals surface area contributed by atoms with Crippen LogP contribution in [-0.4, -0.2) is 68.6 Å². The first-order valence-electron chi connectivity index (χ1n) is 20.4. The van der Waals surface area contributed by atoms with E-state index < -0.39 is 12.1 Å². The van der Waals surface area contributed by atoms with Gasteiger partial charge in [-0.15, -0.1) is 0 Å². The quantitative estimate of drug-likeness (QED) is 0.133. The van der Waals surface area contributed by atoms with Crippen molar-refractivity contribution in [2.45, 2.75) is 51.6 Å². The van der Waals surface area contributed by atoms with Gasteiger partial charge in [-0.3, -0.25) is 29.1 Å². The minimum Gasteiger partial charge on any atom is -0.325 e. The fourth-order valence-corrected chi connectivity index (χ4v) is 8.08. The molecule has 10 nitrogen and oxygen atoms in total. The van der Waals surface area contributed by atoms with Crippen molar-refractivity contribution in [1.82, 2.24) is 19.8 Å². The minimum absolute atomic E-state index is 0.225. The third-order valence-corrected chi connectivity index (χ3v) is 11.1. The van der Waals surface area contributed by atoms with Crippen molar-refractivity contribution in [1.29, 1.82) is 0 Å². The zero-order valence-electron chi connectivity index (χ0n) is 33.7. The first-order valence-corrected chi connectivity index (χ1v) is 20.4. The SMILES string of the molecule is Cc1cccc(-c2cccnc2C(=O)N2CCC[C@H]2C(=O)Nc2ccc(/C=C/c3ccc(NC(=O)[C@@H]4CCCN4C(=O)c4ncccc4-c4cccc(C)c4)cc3)cc2)c1. The van der Waals surface area contributed by atoms with E-state index in [1.807, 2.05) is 147 Å². The maximum Gasteiger partial charge on any atom is 0.273 e. The molecule has 0 bridgehead atoms. The van der Waals surface area contributed by atoms with Crippen LogP contribution in [0.3, 0.4) is 0 Å². The van der Waals surface area contributed by atoms with Crippen LogP contribution in [0.15, 0.2) is 134 Å². The molecule has 8 rings (SSSR count). The lowest BCUT2D eigenvalue weighted by Crippen LogP contribution is -2.43. The molecule has 4 heterocycles. The van der Waals surface area contributed by atoms with Crippen LogP contribution in [0.1, 0.15) is 68.9 Å². The molecular formula is C50H46N6O4. The number of aromatic nitrogens is 2. The molecule has 4 amide bonds. The molecular weight excluding hydrogens is 749 g/mol. The van der Waals surface area contributed by atoms with Crippen molar-refractivity contribution in [3.8, 4) is 22.3 Å². The van der Waals surface area contributed by atoms with Gasteiger partial charge >= 0.3 is 0 Å². The van der Waals surface area contributed by atoms with Crippen LogP contribution in [0, 0.1) is 13.8 Å². The lowest BCUT2D eigenvalue weighted by Gasteiger charge is -2.24. The largest absolute Gasteiger partial charge is 0.325 e. The number of rotatable bonds is 10. The van der Waals surface area contributed by atoms with Gasteiger partial charge in [0.1, 0.15) is 23.5 Å². The second-order valence-electron chi connectivity index (χ2n) is 15.4. The standard InChI is InChI=1S/C50H46N6O4/c1-33-9-3-11-37(31-33)41-13-5-27-51-45(41)49(59)55-29-7-15-43(55)47(57)53-39-23-19-35(20-24-39)17-18-36-21-25-40(26-22-36)54-48(58)44-16-8-30-56(44)50(60)46-42(14-6-28-52-46)38-12-4-10-34(2)32-38/h3-6,9-14,17-28,31-32,43-44H,7-8,15-16,29-30H2,1-2H3,(H,53,57)(H,54,58)/b18-17+/t43-,44-/m0/s1. The molecule has 0 unspecified atom stereocenters. The van der Waals surface area contributed by atoms with E-state index in [2.05, 4.69) is 20.6 Å². The Kier molecular flexibility index (Phi) is 11.7. The van der Waals surface area contributed by atoms with Gasteiger partial charge in [-0.25, -0.2) is 0 Å². The van der Waals surface area contributed by atoms with Crippen LogP contribution in [-0.2, 0) is 9.59 Å². The molecule has 2 fully saturated rings. The lowest BCUT2D eigenvalue weighted by atomic mass is 10.0. The fraction of sp³-hybridized carbons (Fsp3) is 0.200. The summed E-state index contributed by atoms with van der Waals surface area (Å²) >= 11 is 0. The number of benzene rings is 4. The van der Waals surface area contributed by atoms with Crippen LogP contribution in [0.5, 0.6) is 0 Å². The van der Waals surface area contributed by atoms with Gasteiger partial charge in [0.25, 0.3) is 11.8 Å². The van der Waals surface area contributed by atoms with Gasteiger partial charge in [-0.05, 0) is 98.2 Å². The number of nitrogens with one attached hydrogen (secondary N) is 2. The van der Waals surface area contributed by atoms with Crippen molar-refractivity contribution in [3.63, 3.8) is 0 Å². The molecule has 300 valence electrons. The number of carbonyl (C=O) groups is 4. The van der Waals surface area contributed by atoms with E-state index in [0.29, 0.717) is 48.7 Å². The van der Waals surface area contributed by atoms with Gasteiger partial charge in [0.2, 0.25) is 11.8 Å². The normalized spacial score (nSPS) is 16.2. The van der Waals surface area contributed by atoms with Gasteiger partial charge in [-0.2, -0.15) is 0 Å². The Morgan fingerprint density at radius 1 is 0.550 bits per heavy atom. The summed E-state index contributed by atoms with van der Waals surface area (Å²) in [6, 6.07) is 37.3. The van der Waals surface area contributed by atoms with E-state index in [9.17, 15) is 19.2 Å². The number of anilines is 2. The molecule has 2 atom stereocenters. The first-order chi connectivity index (χ1) is 29.2. The molecule has 2 aromatic heterocycles. The Morgan fingerprint density at radius 3 is 1.37 bits per heavy atom. The van der Waals surface area contributed by atoms with Crippen molar-refractivity contribution >= 4 is 47.2 Å². The monoisotopic (exact) mass is 794 g/mol. The van der Waals surface area contributed by atoms with Crippen LogP contribution < -0.4 is 10.6 Å². The van der Waals surface area contributed by atoms with Crippen molar-refractivity contribution in [2.24, 2.45) is 0 Å². The summed E-state index contributed by atoms with van der Waals surface area (Å²) in [5.41, 5.74) is 9.35. The summed E-state index contributed by atoms with van der Waals surface area (Å²) < 4.78 is 0. The number of amides is 4. The number of pyridine rings is 2. The number of aryl methyl sites for hydroxylation is 2. The van der Waals surface area contributed by atoms with Crippen LogP contribution in [0.2, 0.25) is 0 Å². The summed E-state index contributed by atoms with van der Waals surface area (Å²) in [4.78, 5) is 66.9. The number of hydrogen-bond acceptors (Lipinski definition) is 6. The minimum atomic E-state index is -0.596. The number of nitrogens with zero attached hydrogens (tertiary/aromatic N) is 4. The maximum atomic E-state index is 13.8. The molecule has 4 aromatic carbocycles.